The lowest BCUT2D eigenvalue weighted by Gasteiger charge is -2.29. The Labute approximate surface area is 88.3 Å². The minimum Gasteiger partial charge on any atom is -0.333 e. The van der Waals surface area contributed by atoms with Gasteiger partial charge in [0.1, 0.15) is 5.15 Å². The van der Waals surface area contributed by atoms with Crippen LogP contribution in [-0.4, -0.2) is 15.1 Å². The molecule has 1 aromatic heterocycles. The molecule has 1 saturated carbocycles. The zero-order valence-electron chi connectivity index (χ0n) is 8.04. The van der Waals surface area contributed by atoms with E-state index < -0.39 is 0 Å². The second-order valence-electron chi connectivity index (χ2n) is 4.60. The first kappa shape index (κ1) is 8.74. The van der Waals surface area contributed by atoms with E-state index in [1.54, 1.807) is 0 Å². The molecule has 0 aromatic carbocycles. The Morgan fingerprint density at radius 3 is 3.07 bits per heavy atom. The van der Waals surface area contributed by atoms with E-state index in [0.717, 1.165) is 13.0 Å². The fraction of sp³-hybridized carbons (Fsp3) is 0.700. The summed E-state index contributed by atoms with van der Waals surface area (Å²) in [4.78, 5) is 4.12. The van der Waals surface area contributed by atoms with Crippen LogP contribution in [0.3, 0.4) is 0 Å². The number of rotatable bonds is 1. The molecule has 3 rings (SSSR count). The molecule has 1 aliphatic carbocycles. The van der Waals surface area contributed by atoms with Gasteiger partial charge in [0.25, 0.3) is 0 Å². The number of nitrogens with two attached hydrogens (primary N) is 1. The number of imidazole rings is 1. The van der Waals surface area contributed by atoms with Crippen LogP contribution in [0.5, 0.6) is 0 Å². The number of nitrogens with zero attached hydrogens (tertiary/aromatic N) is 2. The number of halogens is 1. The molecule has 76 valence electrons. The van der Waals surface area contributed by atoms with Crippen LogP contribution in [0.2, 0.25) is 5.15 Å². The van der Waals surface area contributed by atoms with Gasteiger partial charge in [-0.15, -0.1) is 0 Å². The lowest BCUT2D eigenvalue weighted by Crippen LogP contribution is -2.38. The molecule has 1 aliphatic heterocycles. The quantitative estimate of drug-likeness (QED) is 0.767. The zero-order valence-corrected chi connectivity index (χ0v) is 8.80. The molecule has 2 heterocycles. The molecular weight excluding hydrogens is 198 g/mol. The SMILES string of the molecule is NC1(C2CCc3c(Cl)ncn3C2)CC1. The maximum Gasteiger partial charge on any atom is 0.150 e. The van der Waals surface area contributed by atoms with E-state index in [-0.39, 0.29) is 5.54 Å². The summed E-state index contributed by atoms with van der Waals surface area (Å²) in [6.45, 7) is 1.01. The van der Waals surface area contributed by atoms with Gasteiger partial charge in [0, 0.05) is 12.1 Å². The van der Waals surface area contributed by atoms with Gasteiger partial charge in [0.05, 0.1) is 12.0 Å². The molecule has 0 spiro atoms. The van der Waals surface area contributed by atoms with Crippen molar-refractivity contribution in [2.45, 2.75) is 37.8 Å². The number of aromatic nitrogens is 2. The van der Waals surface area contributed by atoms with Crippen molar-refractivity contribution in [3.63, 3.8) is 0 Å². The van der Waals surface area contributed by atoms with Crippen LogP contribution in [0.15, 0.2) is 6.33 Å². The van der Waals surface area contributed by atoms with Crippen LogP contribution in [0.25, 0.3) is 0 Å². The number of hydrogen-bond donors (Lipinski definition) is 1. The third-order valence-corrected chi connectivity index (χ3v) is 4.00. The standard InChI is InChI=1S/C10H14ClN3/c11-9-8-2-1-7(10(12)3-4-10)5-14(8)6-13-9/h6-7H,1-5,12H2. The monoisotopic (exact) mass is 211 g/mol. The van der Waals surface area contributed by atoms with Crippen molar-refractivity contribution >= 4 is 11.6 Å². The summed E-state index contributed by atoms with van der Waals surface area (Å²) in [6, 6.07) is 0. The largest absolute Gasteiger partial charge is 0.333 e. The Kier molecular flexibility index (Phi) is 1.71. The van der Waals surface area contributed by atoms with Crippen molar-refractivity contribution in [2.24, 2.45) is 11.7 Å². The third-order valence-electron chi connectivity index (χ3n) is 3.68. The van der Waals surface area contributed by atoms with E-state index >= 15 is 0 Å². The van der Waals surface area contributed by atoms with Crippen molar-refractivity contribution in [1.29, 1.82) is 0 Å². The molecule has 0 bridgehead atoms. The van der Waals surface area contributed by atoms with Gasteiger partial charge in [-0.1, -0.05) is 11.6 Å². The Morgan fingerprint density at radius 2 is 2.36 bits per heavy atom. The van der Waals surface area contributed by atoms with Gasteiger partial charge in [0.15, 0.2) is 0 Å². The zero-order chi connectivity index (χ0) is 9.76. The highest BCUT2D eigenvalue weighted by Crippen LogP contribution is 2.44. The summed E-state index contributed by atoms with van der Waals surface area (Å²) in [5, 5.41) is 0.672. The molecule has 1 unspecified atom stereocenters. The molecule has 3 nitrogen and oxygen atoms in total. The van der Waals surface area contributed by atoms with Gasteiger partial charge in [-0.2, -0.15) is 0 Å². The highest BCUT2D eigenvalue weighted by Gasteiger charge is 2.46. The summed E-state index contributed by atoms with van der Waals surface area (Å²) in [7, 11) is 0. The average Bonchev–Trinajstić information content (AvgIpc) is 2.84. The van der Waals surface area contributed by atoms with E-state index in [1.807, 2.05) is 6.33 Å². The van der Waals surface area contributed by atoms with E-state index in [9.17, 15) is 0 Å². The Hall–Kier alpha value is -0.540. The van der Waals surface area contributed by atoms with Crippen molar-refractivity contribution in [2.75, 3.05) is 0 Å². The highest BCUT2D eigenvalue weighted by atomic mass is 35.5. The Morgan fingerprint density at radius 1 is 1.57 bits per heavy atom. The van der Waals surface area contributed by atoms with E-state index in [4.69, 9.17) is 17.3 Å². The fourth-order valence-electron chi connectivity index (χ4n) is 2.45. The van der Waals surface area contributed by atoms with Gasteiger partial charge >= 0.3 is 0 Å². The van der Waals surface area contributed by atoms with Crippen LogP contribution in [0.1, 0.15) is 25.0 Å². The maximum absolute atomic E-state index is 6.22. The summed E-state index contributed by atoms with van der Waals surface area (Å²) in [5.41, 5.74) is 7.54. The molecule has 1 fully saturated rings. The molecule has 0 saturated heterocycles. The average molecular weight is 212 g/mol. The van der Waals surface area contributed by atoms with Crippen LogP contribution in [-0.2, 0) is 13.0 Å². The summed E-state index contributed by atoms with van der Waals surface area (Å²) < 4.78 is 2.17. The molecule has 2 N–H and O–H groups in total. The van der Waals surface area contributed by atoms with Crippen molar-refractivity contribution in [3.05, 3.63) is 17.2 Å². The maximum atomic E-state index is 6.22. The first-order valence-corrected chi connectivity index (χ1v) is 5.55. The van der Waals surface area contributed by atoms with Gasteiger partial charge < -0.3 is 10.3 Å². The second-order valence-corrected chi connectivity index (χ2v) is 4.96. The summed E-state index contributed by atoms with van der Waals surface area (Å²) in [6.07, 6.45) is 6.42. The minimum atomic E-state index is 0.133. The van der Waals surface area contributed by atoms with E-state index in [0.29, 0.717) is 11.1 Å². The molecule has 1 atom stereocenters. The molecule has 4 heteroatoms. The second kappa shape index (κ2) is 2.74. The van der Waals surface area contributed by atoms with Crippen molar-refractivity contribution in [1.82, 2.24) is 9.55 Å². The molecule has 14 heavy (non-hydrogen) atoms. The Bertz CT molecular complexity index is 367. The Balaban J connectivity index is 1.87. The van der Waals surface area contributed by atoms with Gasteiger partial charge in [-0.05, 0) is 31.6 Å². The molecular formula is C10H14ClN3. The van der Waals surface area contributed by atoms with Crippen LogP contribution in [0.4, 0.5) is 0 Å². The fourth-order valence-corrected chi connectivity index (χ4v) is 2.70. The predicted octanol–water partition coefficient (Wildman–Crippen LogP) is 1.59. The lowest BCUT2D eigenvalue weighted by atomic mass is 9.89. The van der Waals surface area contributed by atoms with Crippen LogP contribution >= 0.6 is 11.6 Å². The molecule has 2 aliphatic rings. The molecule has 1 aromatic rings. The molecule has 0 amide bonds. The highest BCUT2D eigenvalue weighted by molar-refractivity contribution is 6.30. The van der Waals surface area contributed by atoms with Crippen LogP contribution in [0, 0.1) is 5.92 Å². The first-order valence-electron chi connectivity index (χ1n) is 5.17. The van der Waals surface area contributed by atoms with Crippen molar-refractivity contribution < 1.29 is 0 Å². The summed E-state index contributed by atoms with van der Waals surface area (Å²) >= 11 is 5.97. The topological polar surface area (TPSA) is 43.8 Å². The first-order chi connectivity index (χ1) is 6.69. The number of fused-ring (bicyclic) bond motifs is 1. The van der Waals surface area contributed by atoms with E-state index in [1.165, 1.54) is 25.0 Å². The van der Waals surface area contributed by atoms with Crippen LogP contribution < -0.4 is 5.73 Å². The number of hydrogen-bond acceptors (Lipinski definition) is 2. The normalized spacial score (nSPS) is 28.6. The van der Waals surface area contributed by atoms with Gasteiger partial charge in [-0.25, -0.2) is 4.98 Å². The lowest BCUT2D eigenvalue weighted by molar-refractivity contribution is 0.298. The minimum absolute atomic E-state index is 0.133. The van der Waals surface area contributed by atoms with Crippen molar-refractivity contribution in [3.8, 4) is 0 Å². The smallest absolute Gasteiger partial charge is 0.150 e. The van der Waals surface area contributed by atoms with Gasteiger partial charge in [0.2, 0.25) is 0 Å². The van der Waals surface area contributed by atoms with Gasteiger partial charge in [-0.3, -0.25) is 0 Å². The predicted molar refractivity (Wildman–Crippen MR) is 55.2 cm³/mol. The summed E-state index contributed by atoms with van der Waals surface area (Å²) in [5.74, 6) is 0.625. The molecule has 0 radical (unpaired) electrons. The third kappa shape index (κ3) is 1.19. The van der Waals surface area contributed by atoms with E-state index in [2.05, 4.69) is 9.55 Å².